The smallest absolute Gasteiger partial charge is 0.322 e. The zero-order chi connectivity index (χ0) is 20.1. The van der Waals surface area contributed by atoms with E-state index in [0.717, 1.165) is 15.6 Å². The van der Waals surface area contributed by atoms with Gasteiger partial charge in [0.15, 0.2) is 9.84 Å². The SMILES string of the molecule is Cc1ccc(S(=O)(=O)CCCC(=O)Nc2nnc(-c3ccc(Br)cc3)o2)cc1. The summed E-state index contributed by atoms with van der Waals surface area (Å²) >= 11 is 3.35. The fraction of sp³-hybridized carbons (Fsp3) is 0.211. The summed E-state index contributed by atoms with van der Waals surface area (Å²) in [5, 5.41) is 10.2. The van der Waals surface area contributed by atoms with Crippen LogP contribution in [0.4, 0.5) is 6.01 Å². The first-order valence-electron chi connectivity index (χ1n) is 8.52. The maximum atomic E-state index is 12.3. The van der Waals surface area contributed by atoms with E-state index in [0.29, 0.717) is 0 Å². The van der Waals surface area contributed by atoms with Gasteiger partial charge in [-0.2, -0.15) is 0 Å². The van der Waals surface area contributed by atoms with Crippen LogP contribution in [0.2, 0.25) is 0 Å². The minimum atomic E-state index is -3.42. The number of carbonyl (C=O) groups is 1. The van der Waals surface area contributed by atoms with Gasteiger partial charge in [-0.05, 0) is 49.7 Å². The van der Waals surface area contributed by atoms with Crippen molar-refractivity contribution in [2.45, 2.75) is 24.7 Å². The number of aryl methyl sites for hydroxylation is 1. The molecule has 3 rings (SSSR count). The van der Waals surface area contributed by atoms with Crippen molar-refractivity contribution in [2.24, 2.45) is 0 Å². The Kier molecular flexibility index (Phi) is 6.25. The van der Waals surface area contributed by atoms with Gasteiger partial charge in [-0.15, -0.1) is 5.10 Å². The monoisotopic (exact) mass is 463 g/mol. The van der Waals surface area contributed by atoms with Crippen LogP contribution in [0.3, 0.4) is 0 Å². The minimum Gasteiger partial charge on any atom is -0.403 e. The van der Waals surface area contributed by atoms with E-state index in [4.69, 9.17) is 4.42 Å². The standard InChI is InChI=1S/C19H18BrN3O4S/c1-13-4-10-16(11-5-13)28(25,26)12-2-3-17(24)21-19-23-22-18(27-19)14-6-8-15(20)9-7-14/h4-11H,2-3,12H2,1H3,(H,21,23,24). The van der Waals surface area contributed by atoms with Crippen LogP contribution in [0.25, 0.3) is 11.5 Å². The normalized spacial score (nSPS) is 11.4. The van der Waals surface area contributed by atoms with Gasteiger partial charge in [-0.25, -0.2) is 8.42 Å². The Morgan fingerprint density at radius 1 is 1.07 bits per heavy atom. The van der Waals surface area contributed by atoms with Gasteiger partial charge in [0.05, 0.1) is 10.6 Å². The Labute approximate surface area is 171 Å². The van der Waals surface area contributed by atoms with E-state index in [9.17, 15) is 13.2 Å². The first-order valence-corrected chi connectivity index (χ1v) is 11.0. The number of sulfone groups is 1. The summed E-state index contributed by atoms with van der Waals surface area (Å²) in [7, 11) is -3.42. The third-order valence-electron chi connectivity index (χ3n) is 3.96. The molecule has 0 atom stereocenters. The third-order valence-corrected chi connectivity index (χ3v) is 6.30. The Balaban J connectivity index is 1.52. The zero-order valence-corrected chi connectivity index (χ0v) is 17.5. The Hall–Kier alpha value is -2.52. The van der Waals surface area contributed by atoms with Gasteiger partial charge in [-0.3, -0.25) is 10.1 Å². The Morgan fingerprint density at radius 2 is 1.75 bits per heavy atom. The van der Waals surface area contributed by atoms with Crippen LogP contribution in [0.15, 0.2) is 62.3 Å². The second kappa shape index (κ2) is 8.66. The summed E-state index contributed by atoms with van der Waals surface area (Å²) in [5.41, 5.74) is 1.71. The number of hydrogen-bond donors (Lipinski definition) is 1. The van der Waals surface area contributed by atoms with Crippen molar-refractivity contribution in [3.05, 3.63) is 58.6 Å². The van der Waals surface area contributed by atoms with Gasteiger partial charge in [-0.1, -0.05) is 38.7 Å². The van der Waals surface area contributed by atoms with Gasteiger partial charge in [0, 0.05) is 16.5 Å². The topological polar surface area (TPSA) is 102 Å². The summed E-state index contributed by atoms with van der Waals surface area (Å²) in [6.07, 6.45) is 0.219. The molecule has 2 aromatic carbocycles. The third kappa shape index (κ3) is 5.26. The van der Waals surface area contributed by atoms with Crippen LogP contribution in [-0.4, -0.2) is 30.3 Å². The maximum Gasteiger partial charge on any atom is 0.322 e. The summed E-state index contributed by atoms with van der Waals surface area (Å²) in [6, 6.07) is 13.9. The number of carbonyl (C=O) groups excluding carboxylic acids is 1. The molecule has 1 aromatic heterocycles. The number of hydrogen-bond acceptors (Lipinski definition) is 6. The first-order chi connectivity index (χ1) is 13.3. The molecule has 1 amide bonds. The zero-order valence-electron chi connectivity index (χ0n) is 15.1. The lowest BCUT2D eigenvalue weighted by Crippen LogP contribution is -2.14. The summed E-state index contributed by atoms with van der Waals surface area (Å²) in [6.45, 7) is 1.89. The Bertz CT molecular complexity index is 1060. The molecule has 0 aliphatic heterocycles. The number of halogens is 1. The molecule has 0 aliphatic carbocycles. The molecule has 3 aromatic rings. The lowest BCUT2D eigenvalue weighted by atomic mass is 10.2. The minimum absolute atomic E-state index is 0.0238. The molecule has 0 saturated heterocycles. The van der Waals surface area contributed by atoms with Crippen LogP contribution >= 0.6 is 15.9 Å². The van der Waals surface area contributed by atoms with Gasteiger partial charge in [0.1, 0.15) is 0 Å². The van der Waals surface area contributed by atoms with Crippen molar-refractivity contribution in [1.29, 1.82) is 0 Å². The molecule has 0 aliphatic rings. The van der Waals surface area contributed by atoms with Crippen molar-refractivity contribution in [2.75, 3.05) is 11.1 Å². The average Bonchev–Trinajstić information content (AvgIpc) is 3.11. The molecule has 0 radical (unpaired) electrons. The molecule has 0 saturated carbocycles. The molecule has 1 N–H and O–H groups in total. The molecule has 0 spiro atoms. The fourth-order valence-corrected chi connectivity index (χ4v) is 4.03. The number of rotatable bonds is 7. The maximum absolute atomic E-state index is 12.3. The molecule has 28 heavy (non-hydrogen) atoms. The van der Waals surface area contributed by atoms with E-state index >= 15 is 0 Å². The highest BCUT2D eigenvalue weighted by molar-refractivity contribution is 9.10. The van der Waals surface area contributed by atoms with Gasteiger partial charge < -0.3 is 4.42 Å². The highest BCUT2D eigenvalue weighted by Crippen LogP contribution is 2.22. The van der Waals surface area contributed by atoms with E-state index in [1.807, 2.05) is 19.1 Å². The molecule has 0 unspecified atom stereocenters. The number of anilines is 1. The number of benzene rings is 2. The number of amides is 1. The van der Waals surface area contributed by atoms with Crippen LogP contribution < -0.4 is 5.32 Å². The van der Waals surface area contributed by atoms with Crippen molar-refractivity contribution >= 4 is 37.7 Å². The molecule has 0 bridgehead atoms. The van der Waals surface area contributed by atoms with Crippen LogP contribution in [0, 0.1) is 6.92 Å². The van der Waals surface area contributed by atoms with Crippen LogP contribution in [0.1, 0.15) is 18.4 Å². The summed E-state index contributed by atoms with van der Waals surface area (Å²) in [5.74, 6) is -0.216. The lowest BCUT2D eigenvalue weighted by Gasteiger charge is -2.05. The predicted octanol–water partition coefficient (Wildman–Crippen LogP) is 4.00. The molecular weight excluding hydrogens is 446 g/mol. The van der Waals surface area contributed by atoms with Crippen molar-refractivity contribution < 1.29 is 17.6 Å². The molecule has 146 valence electrons. The Morgan fingerprint density at radius 3 is 2.43 bits per heavy atom. The van der Waals surface area contributed by atoms with Crippen molar-refractivity contribution in [1.82, 2.24) is 10.2 Å². The second-order valence-corrected chi connectivity index (χ2v) is 9.23. The average molecular weight is 464 g/mol. The number of aromatic nitrogens is 2. The summed E-state index contributed by atoms with van der Waals surface area (Å²) in [4.78, 5) is 12.3. The highest BCUT2D eigenvalue weighted by atomic mass is 79.9. The molecule has 7 nitrogen and oxygen atoms in total. The first kappa shape index (κ1) is 20.2. The lowest BCUT2D eigenvalue weighted by molar-refractivity contribution is -0.116. The van der Waals surface area contributed by atoms with Gasteiger partial charge in [0.2, 0.25) is 11.8 Å². The highest BCUT2D eigenvalue weighted by Gasteiger charge is 2.16. The second-order valence-electron chi connectivity index (χ2n) is 6.20. The number of nitrogens with zero attached hydrogens (tertiary/aromatic N) is 2. The molecule has 1 heterocycles. The van der Waals surface area contributed by atoms with Crippen LogP contribution in [0.5, 0.6) is 0 Å². The summed E-state index contributed by atoms with van der Waals surface area (Å²) < 4.78 is 30.9. The molecular formula is C19H18BrN3O4S. The van der Waals surface area contributed by atoms with E-state index in [1.165, 1.54) is 0 Å². The predicted molar refractivity (Wildman–Crippen MR) is 109 cm³/mol. The number of nitrogens with one attached hydrogen (secondary N) is 1. The van der Waals surface area contributed by atoms with E-state index in [2.05, 4.69) is 31.4 Å². The fourth-order valence-electron chi connectivity index (χ4n) is 2.45. The van der Waals surface area contributed by atoms with E-state index < -0.39 is 9.84 Å². The van der Waals surface area contributed by atoms with Gasteiger partial charge >= 0.3 is 6.01 Å². The van der Waals surface area contributed by atoms with Gasteiger partial charge in [0.25, 0.3) is 0 Å². The molecule has 9 heteroatoms. The van der Waals surface area contributed by atoms with Crippen LogP contribution in [-0.2, 0) is 14.6 Å². The quantitative estimate of drug-likeness (QED) is 0.567. The largest absolute Gasteiger partial charge is 0.403 e. The molecule has 0 fully saturated rings. The van der Waals surface area contributed by atoms with E-state index in [-0.39, 0.29) is 41.3 Å². The van der Waals surface area contributed by atoms with Crippen molar-refractivity contribution in [3.8, 4) is 11.5 Å². The van der Waals surface area contributed by atoms with E-state index in [1.54, 1.807) is 36.4 Å². The van der Waals surface area contributed by atoms with Crippen molar-refractivity contribution in [3.63, 3.8) is 0 Å².